The van der Waals surface area contributed by atoms with Crippen LogP contribution in [0.5, 0.6) is 0 Å². The zero-order chi connectivity index (χ0) is 24.1. The van der Waals surface area contributed by atoms with Gasteiger partial charge in [0, 0.05) is 23.5 Å². The third kappa shape index (κ3) is 4.68. The quantitative estimate of drug-likeness (QED) is 0.417. The molecular formula is C22H24F3N7O2. The molecule has 2 atom stereocenters. The highest BCUT2D eigenvalue weighted by Crippen LogP contribution is 2.30. The highest BCUT2D eigenvalue weighted by Gasteiger charge is 2.33. The molecule has 0 saturated carbocycles. The molecule has 12 heteroatoms. The maximum atomic E-state index is 12.8. The zero-order valence-electron chi connectivity index (χ0n) is 18.9. The van der Waals surface area contributed by atoms with Gasteiger partial charge in [0.05, 0.1) is 67.3 Å². The molecule has 9 nitrogen and oxygen atoms in total. The Labute approximate surface area is 193 Å². The molecule has 5 rings (SSSR count). The number of rotatable bonds is 6. The van der Waals surface area contributed by atoms with E-state index in [4.69, 9.17) is 14.5 Å². The first-order valence-corrected chi connectivity index (χ1v) is 10.9. The Kier molecular flexibility index (Phi) is 5.44. The Balaban J connectivity index is 1.43. The summed E-state index contributed by atoms with van der Waals surface area (Å²) in [5.74, 6) is -0.607. The van der Waals surface area contributed by atoms with E-state index in [0.717, 1.165) is 11.1 Å². The molecule has 0 aliphatic carbocycles. The second kappa shape index (κ2) is 8.20. The molecule has 0 amide bonds. The minimum Gasteiger partial charge on any atom is -0.348 e. The molecular weight excluding hydrogens is 451 g/mol. The molecule has 0 N–H and O–H groups in total. The number of fused-ring (bicyclic) bond motifs is 1. The molecule has 4 aromatic rings. The molecule has 1 fully saturated rings. The average Bonchev–Trinajstić information content (AvgIpc) is 3.53. The molecule has 0 bridgehead atoms. The SMILES string of the molecule is CC(CC(F)(F)F)n1cc(-c2nc(-c3cnn(CC4COC(C)(C)O4)c3)cn3nccc23)cn1. The van der Waals surface area contributed by atoms with Gasteiger partial charge in [0.15, 0.2) is 5.79 Å². The van der Waals surface area contributed by atoms with E-state index in [9.17, 15) is 13.2 Å². The fraction of sp³-hybridized carbons (Fsp3) is 0.455. The van der Waals surface area contributed by atoms with Crippen LogP contribution in [0, 0.1) is 0 Å². The number of nitrogens with zero attached hydrogens (tertiary/aromatic N) is 7. The number of alkyl halides is 3. The second-order valence-corrected chi connectivity index (χ2v) is 8.91. The van der Waals surface area contributed by atoms with Crippen molar-refractivity contribution in [2.75, 3.05) is 6.61 Å². The average molecular weight is 475 g/mol. The largest absolute Gasteiger partial charge is 0.391 e. The van der Waals surface area contributed by atoms with Crippen LogP contribution in [-0.4, -0.2) is 58.8 Å². The molecule has 4 aromatic heterocycles. The third-order valence-corrected chi connectivity index (χ3v) is 5.63. The van der Waals surface area contributed by atoms with E-state index < -0.39 is 24.4 Å². The van der Waals surface area contributed by atoms with Gasteiger partial charge in [-0.3, -0.25) is 9.36 Å². The highest BCUT2D eigenvalue weighted by molar-refractivity contribution is 5.78. The van der Waals surface area contributed by atoms with Crippen LogP contribution >= 0.6 is 0 Å². The van der Waals surface area contributed by atoms with Crippen LogP contribution < -0.4 is 0 Å². The van der Waals surface area contributed by atoms with Gasteiger partial charge in [0.1, 0.15) is 6.10 Å². The Morgan fingerprint density at radius 1 is 1.12 bits per heavy atom. The van der Waals surface area contributed by atoms with Gasteiger partial charge in [-0.15, -0.1) is 0 Å². The smallest absolute Gasteiger partial charge is 0.348 e. The van der Waals surface area contributed by atoms with Crippen molar-refractivity contribution in [3.05, 3.63) is 43.2 Å². The lowest BCUT2D eigenvalue weighted by atomic mass is 10.2. The number of hydrogen-bond acceptors (Lipinski definition) is 6. The summed E-state index contributed by atoms with van der Waals surface area (Å²) in [5.41, 5.74) is 3.29. The molecule has 1 aliphatic heterocycles. The molecule has 0 radical (unpaired) electrons. The third-order valence-electron chi connectivity index (χ3n) is 5.63. The van der Waals surface area contributed by atoms with Gasteiger partial charge >= 0.3 is 6.18 Å². The number of aromatic nitrogens is 7. The van der Waals surface area contributed by atoms with Gasteiger partial charge in [-0.25, -0.2) is 9.50 Å². The van der Waals surface area contributed by atoms with E-state index >= 15 is 0 Å². The van der Waals surface area contributed by atoms with Crippen molar-refractivity contribution in [3.8, 4) is 22.5 Å². The predicted molar refractivity (Wildman–Crippen MR) is 116 cm³/mol. The van der Waals surface area contributed by atoms with E-state index in [0.29, 0.717) is 30.1 Å². The van der Waals surface area contributed by atoms with Gasteiger partial charge in [-0.2, -0.15) is 28.5 Å². The Morgan fingerprint density at radius 2 is 1.91 bits per heavy atom. The van der Waals surface area contributed by atoms with Crippen LogP contribution in [-0.2, 0) is 16.0 Å². The Bertz CT molecular complexity index is 1310. The molecule has 0 aromatic carbocycles. The first-order valence-electron chi connectivity index (χ1n) is 10.9. The van der Waals surface area contributed by atoms with Gasteiger partial charge < -0.3 is 9.47 Å². The fourth-order valence-electron chi connectivity index (χ4n) is 4.07. The zero-order valence-corrected chi connectivity index (χ0v) is 18.9. The van der Waals surface area contributed by atoms with Gasteiger partial charge in [-0.05, 0) is 26.8 Å². The molecule has 1 aliphatic rings. The molecule has 2 unspecified atom stereocenters. The molecule has 1 saturated heterocycles. The van der Waals surface area contributed by atoms with Crippen molar-refractivity contribution < 1.29 is 22.6 Å². The van der Waals surface area contributed by atoms with Crippen LogP contribution in [0.4, 0.5) is 13.2 Å². The summed E-state index contributed by atoms with van der Waals surface area (Å²) in [4.78, 5) is 4.78. The lowest BCUT2D eigenvalue weighted by Gasteiger charge is -2.16. The topological polar surface area (TPSA) is 84.3 Å². The first-order chi connectivity index (χ1) is 16.1. The fourth-order valence-corrected chi connectivity index (χ4v) is 4.07. The number of halogens is 3. The highest BCUT2D eigenvalue weighted by atomic mass is 19.4. The number of hydrogen-bond donors (Lipinski definition) is 0. The first kappa shape index (κ1) is 22.5. The van der Waals surface area contributed by atoms with Crippen LogP contribution in [0.2, 0.25) is 0 Å². The molecule has 0 spiro atoms. The Morgan fingerprint density at radius 3 is 2.65 bits per heavy atom. The summed E-state index contributed by atoms with van der Waals surface area (Å²) in [5, 5.41) is 12.9. The van der Waals surface area contributed by atoms with E-state index in [2.05, 4.69) is 15.3 Å². The summed E-state index contributed by atoms with van der Waals surface area (Å²) in [7, 11) is 0. The minimum atomic E-state index is -4.27. The molecule has 34 heavy (non-hydrogen) atoms. The standard InChI is InChI=1S/C22H24F3N7O2/c1-14(6-22(23,24)25)31-10-16(8-28-31)20-19-4-5-26-32(19)12-18(29-20)15-7-27-30(9-15)11-17-13-33-21(2,3)34-17/h4-5,7-10,12,14,17H,6,11,13H2,1-3H3. The lowest BCUT2D eigenvalue weighted by Crippen LogP contribution is -2.24. The molecule has 180 valence electrons. The van der Waals surface area contributed by atoms with E-state index in [1.165, 1.54) is 17.8 Å². The maximum absolute atomic E-state index is 12.8. The van der Waals surface area contributed by atoms with Crippen molar-refractivity contribution in [3.63, 3.8) is 0 Å². The second-order valence-electron chi connectivity index (χ2n) is 8.91. The monoisotopic (exact) mass is 475 g/mol. The summed E-state index contributed by atoms with van der Waals surface area (Å²) in [6.45, 7) is 6.25. The van der Waals surface area contributed by atoms with Gasteiger partial charge in [-0.1, -0.05) is 0 Å². The van der Waals surface area contributed by atoms with Crippen molar-refractivity contribution in [2.45, 2.75) is 57.8 Å². The van der Waals surface area contributed by atoms with Gasteiger partial charge in [0.25, 0.3) is 0 Å². The Hall–Kier alpha value is -3.25. The summed E-state index contributed by atoms with van der Waals surface area (Å²) in [6.07, 6.45) is 4.77. The van der Waals surface area contributed by atoms with Crippen molar-refractivity contribution in [1.29, 1.82) is 0 Å². The summed E-state index contributed by atoms with van der Waals surface area (Å²) < 4.78 is 54.7. The maximum Gasteiger partial charge on any atom is 0.391 e. The predicted octanol–water partition coefficient (Wildman–Crippen LogP) is 4.12. The van der Waals surface area contributed by atoms with E-state index in [-0.39, 0.29) is 6.10 Å². The van der Waals surface area contributed by atoms with Crippen molar-refractivity contribution in [2.24, 2.45) is 0 Å². The van der Waals surface area contributed by atoms with Crippen molar-refractivity contribution in [1.82, 2.24) is 34.2 Å². The lowest BCUT2D eigenvalue weighted by molar-refractivity contribution is -0.142. The normalized spacial score (nSPS) is 19.2. The summed E-state index contributed by atoms with van der Waals surface area (Å²) in [6, 6.07) is 0.966. The van der Waals surface area contributed by atoms with Crippen molar-refractivity contribution >= 4 is 5.52 Å². The number of ether oxygens (including phenoxy) is 2. The summed E-state index contributed by atoms with van der Waals surface area (Å²) >= 11 is 0. The van der Waals surface area contributed by atoms with Gasteiger partial charge in [0.2, 0.25) is 0 Å². The van der Waals surface area contributed by atoms with Crippen LogP contribution in [0.1, 0.15) is 33.2 Å². The minimum absolute atomic E-state index is 0.107. The molecule has 5 heterocycles. The van der Waals surface area contributed by atoms with Crippen LogP contribution in [0.25, 0.3) is 28.0 Å². The van der Waals surface area contributed by atoms with Crippen LogP contribution in [0.15, 0.2) is 43.2 Å². The van der Waals surface area contributed by atoms with E-state index in [1.807, 2.05) is 20.0 Å². The van der Waals surface area contributed by atoms with E-state index in [1.54, 1.807) is 40.1 Å². The van der Waals surface area contributed by atoms with Crippen LogP contribution in [0.3, 0.4) is 0 Å².